The zero-order valence-electron chi connectivity index (χ0n) is 16.2. The summed E-state index contributed by atoms with van der Waals surface area (Å²) in [5.41, 5.74) is 0. The Labute approximate surface area is 150 Å². The van der Waals surface area contributed by atoms with Crippen molar-refractivity contribution >= 4 is 5.97 Å². The molecule has 0 unspecified atom stereocenters. The molecule has 3 nitrogen and oxygen atoms in total. The third-order valence-electron chi connectivity index (χ3n) is 4.59. The number of carbonyl (C=O) groups excluding carboxylic acids is 1. The Balaban J connectivity index is 3.04. The van der Waals surface area contributed by atoms with Gasteiger partial charge in [-0.3, -0.25) is 4.79 Å². The highest BCUT2D eigenvalue weighted by Gasteiger charge is 2.01. The number of hydrogen-bond acceptors (Lipinski definition) is 3. The van der Waals surface area contributed by atoms with Crippen LogP contribution in [0.25, 0.3) is 0 Å². The van der Waals surface area contributed by atoms with E-state index in [0.717, 1.165) is 12.8 Å². The maximum absolute atomic E-state index is 11.2. The molecule has 0 aromatic rings. The normalized spacial score (nSPS) is 10.9. The third kappa shape index (κ3) is 19.5. The fourth-order valence-corrected chi connectivity index (χ4v) is 3.05. The summed E-state index contributed by atoms with van der Waals surface area (Å²) in [6.45, 7) is 2.33. The van der Waals surface area contributed by atoms with Crippen molar-refractivity contribution in [2.45, 2.75) is 116 Å². The SMILES string of the molecule is CCCCCCCCCCCCCCCCCCC(=O)OCCO. The Bertz CT molecular complexity index is 253. The molecular weight excluding hydrogens is 300 g/mol. The molecule has 0 bridgehead atoms. The van der Waals surface area contributed by atoms with Crippen molar-refractivity contribution in [3.63, 3.8) is 0 Å². The van der Waals surface area contributed by atoms with Crippen LogP contribution in [-0.2, 0) is 9.53 Å². The maximum atomic E-state index is 11.2. The van der Waals surface area contributed by atoms with Gasteiger partial charge in [0.2, 0.25) is 0 Å². The lowest BCUT2D eigenvalue weighted by Gasteiger charge is -2.04. The number of hydrogen-bond donors (Lipinski definition) is 1. The van der Waals surface area contributed by atoms with E-state index in [1.165, 1.54) is 89.9 Å². The van der Waals surface area contributed by atoms with E-state index >= 15 is 0 Å². The van der Waals surface area contributed by atoms with Crippen molar-refractivity contribution in [2.24, 2.45) is 0 Å². The average molecular weight is 343 g/mol. The Morgan fingerprint density at radius 3 is 1.42 bits per heavy atom. The van der Waals surface area contributed by atoms with Crippen molar-refractivity contribution in [1.29, 1.82) is 0 Å². The first-order chi connectivity index (χ1) is 11.8. The van der Waals surface area contributed by atoms with Gasteiger partial charge < -0.3 is 9.84 Å². The zero-order valence-corrected chi connectivity index (χ0v) is 16.2. The molecule has 0 fully saturated rings. The van der Waals surface area contributed by atoms with Crippen molar-refractivity contribution in [2.75, 3.05) is 13.2 Å². The van der Waals surface area contributed by atoms with Crippen LogP contribution in [0.4, 0.5) is 0 Å². The molecule has 0 aliphatic carbocycles. The molecule has 0 aromatic heterocycles. The van der Waals surface area contributed by atoms with E-state index in [0.29, 0.717) is 6.42 Å². The van der Waals surface area contributed by atoms with Crippen LogP contribution < -0.4 is 0 Å². The van der Waals surface area contributed by atoms with Gasteiger partial charge in [0.25, 0.3) is 0 Å². The summed E-state index contributed by atoms with van der Waals surface area (Å²) < 4.78 is 4.83. The van der Waals surface area contributed by atoms with Crippen molar-refractivity contribution in [1.82, 2.24) is 0 Å². The molecule has 0 radical (unpaired) electrons. The molecule has 24 heavy (non-hydrogen) atoms. The number of ether oxygens (including phenoxy) is 1. The summed E-state index contributed by atoms with van der Waals surface area (Å²) in [4.78, 5) is 11.2. The smallest absolute Gasteiger partial charge is 0.305 e. The Morgan fingerprint density at radius 2 is 1.04 bits per heavy atom. The molecule has 0 amide bonds. The molecule has 0 aliphatic heterocycles. The molecule has 144 valence electrons. The van der Waals surface area contributed by atoms with Gasteiger partial charge in [0.05, 0.1) is 6.61 Å². The van der Waals surface area contributed by atoms with Crippen molar-refractivity contribution in [3.05, 3.63) is 0 Å². The highest BCUT2D eigenvalue weighted by molar-refractivity contribution is 5.69. The number of carbonyl (C=O) groups is 1. The largest absolute Gasteiger partial charge is 0.463 e. The summed E-state index contributed by atoms with van der Waals surface area (Å²) in [5, 5.41) is 8.55. The number of aliphatic hydroxyl groups is 1. The van der Waals surface area contributed by atoms with E-state index < -0.39 is 0 Å². The number of unbranched alkanes of at least 4 members (excludes halogenated alkanes) is 15. The van der Waals surface area contributed by atoms with Crippen LogP contribution >= 0.6 is 0 Å². The van der Waals surface area contributed by atoms with Crippen LogP contribution in [0.1, 0.15) is 116 Å². The van der Waals surface area contributed by atoms with Gasteiger partial charge in [-0.05, 0) is 6.42 Å². The number of rotatable bonds is 19. The minimum atomic E-state index is -0.172. The third-order valence-corrected chi connectivity index (χ3v) is 4.59. The van der Waals surface area contributed by atoms with Gasteiger partial charge in [0.1, 0.15) is 6.61 Å². The molecule has 0 aromatic carbocycles. The van der Waals surface area contributed by atoms with Crippen molar-refractivity contribution in [3.8, 4) is 0 Å². The van der Waals surface area contributed by atoms with Crippen LogP contribution in [0, 0.1) is 0 Å². The molecule has 0 heterocycles. The highest BCUT2D eigenvalue weighted by Crippen LogP contribution is 2.14. The highest BCUT2D eigenvalue weighted by atomic mass is 16.5. The fourth-order valence-electron chi connectivity index (χ4n) is 3.05. The van der Waals surface area contributed by atoms with Gasteiger partial charge in [-0.15, -0.1) is 0 Å². The minimum Gasteiger partial charge on any atom is -0.463 e. The van der Waals surface area contributed by atoms with Gasteiger partial charge in [0, 0.05) is 6.42 Å². The molecule has 0 aliphatic rings. The number of aliphatic hydroxyl groups excluding tert-OH is 1. The Morgan fingerprint density at radius 1 is 0.667 bits per heavy atom. The van der Waals surface area contributed by atoms with E-state index in [9.17, 15) is 4.79 Å². The molecule has 1 N–H and O–H groups in total. The van der Waals surface area contributed by atoms with Crippen LogP contribution in [0.2, 0.25) is 0 Å². The molecule has 0 saturated carbocycles. The lowest BCUT2D eigenvalue weighted by molar-refractivity contribution is -0.144. The van der Waals surface area contributed by atoms with Gasteiger partial charge in [0.15, 0.2) is 0 Å². The lowest BCUT2D eigenvalue weighted by Crippen LogP contribution is -2.07. The topological polar surface area (TPSA) is 46.5 Å². The van der Waals surface area contributed by atoms with Gasteiger partial charge in [-0.2, -0.15) is 0 Å². The van der Waals surface area contributed by atoms with Crippen LogP contribution in [-0.4, -0.2) is 24.3 Å². The van der Waals surface area contributed by atoms with E-state index in [2.05, 4.69) is 6.92 Å². The fraction of sp³-hybridized carbons (Fsp3) is 0.952. The second-order valence-electron chi connectivity index (χ2n) is 7.00. The Hall–Kier alpha value is -0.570. The lowest BCUT2D eigenvalue weighted by atomic mass is 10.0. The first-order valence-electron chi connectivity index (χ1n) is 10.6. The molecule has 3 heteroatoms. The van der Waals surface area contributed by atoms with Crippen LogP contribution in [0.15, 0.2) is 0 Å². The van der Waals surface area contributed by atoms with Gasteiger partial charge in [-0.1, -0.05) is 103 Å². The standard InChI is InChI=1S/C21H42O3/c1-2-3-4-5-6-7-8-9-10-11-12-13-14-15-16-17-18-21(23)24-20-19-22/h22H,2-20H2,1H3. The summed E-state index contributed by atoms with van der Waals surface area (Å²) >= 11 is 0. The molecule has 0 saturated heterocycles. The van der Waals surface area contributed by atoms with Gasteiger partial charge >= 0.3 is 5.97 Å². The van der Waals surface area contributed by atoms with Crippen LogP contribution in [0.3, 0.4) is 0 Å². The monoisotopic (exact) mass is 342 g/mol. The average Bonchev–Trinajstić information content (AvgIpc) is 2.59. The predicted molar refractivity (Wildman–Crippen MR) is 102 cm³/mol. The number of esters is 1. The van der Waals surface area contributed by atoms with Crippen LogP contribution in [0.5, 0.6) is 0 Å². The summed E-state index contributed by atoms with van der Waals surface area (Å²) in [7, 11) is 0. The summed E-state index contributed by atoms with van der Waals surface area (Å²) in [5.74, 6) is -0.172. The van der Waals surface area contributed by atoms with E-state index in [1.54, 1.807) is 0 Å². The molecule has 0 spiro atoms. The minimum absolute atomic E-state index is 0.0787. The quantitative estimate of drug-likeness (QED) is 0.225. The molecule has 0 atom stereocenters. The predicted octanol–water partition coefficient (Wildman–Crippen LogP) is 6.17. The molecule has 0 rings (SSSR count). The zero-order chi connectivity index (χ0) is 17.7. The van der Waals surface area contributed by atoms with E-state index in [1.807, 2.05) is 0 Å². The second kappa shape index (κ2) is 20.5. The first-order valence-corrected chi connectivity index (χ1v) is 10.6. The van der Waals surface area contributed by atoms with Gasteiger partial charge in [-0.25, -0.2) is 0 Å². The maximum Gasteiger partial charge on any atom is 0.305 e. The van der Waals surface area contributed by atoms with E-state index in [-0.39, 0.29) is 19.2 Å². The summed E-state index contributed by atoms with van der Waals surface area (Å²) in [6, 6.07) is 0. The Kier molecular flexibility index (Phi) is 20.0. The van der Waals surface area contributed by atoms with Crippen molar-refractivity contribution < 1.29 is 14.6 Å². The molecular formula is C21H42O3. The first kappa shape index (κ1) is 23.4. The summed E-state index contributed by atoms with van der Waals surface area (Å²) in [6.07, 6.45) is 21.9. The van der Waals surface area contributed by atoms with E-state index in [4.69, 9.17) is 9.84 Å². The second-order valence-corrected chi connectivity index (χ2v) is 7.00.